The fourth-order valence-electron chi connectivity index (χ4n) is 10.0. The van der Waals surface area contributed by atoms with E-state index in [1.807, 2.05) is 0 Å². The van der Waals surface area contributed by atoms with Gasteiger partial charge in [0.05, 0.1) is 26.4 Å². The maximum absolute atomic E-state index is 13.0. The summed E-state index contributed by atoms with van der Waals surface area (Å²) in [7, 11) is -9.89. The van der Waals surface area contributed by atoms with Gasteiger partial charge in [-0.25, -0.2) is 9.13 Å². The molecule has 3 N–H and O–H groups in total. The Labute approximate surface area is 524 Å². The predicted molar refractivity (Wildman–Crippen MR) is 345 cm³/mol. The Hall–Kier alpha value is -1.94. The number of aliphatic hydroxyl groups is 1. The molecule has 0 aliphatic rings. The minimum Gasteiger partial charge on any atom is -0.462 e. The van der Waals surface area contributed by atoms with Crippen LogP contribution in [0.2, 0.25) is 0 Å². The van der Waals surface area contributed by atoms with E-state index in [0.717, 1.165) is 108 Å². The molecule has 3 unspecified atom stereocenters. The molecule has 0 heterocycles. The zero-order valence-electron chi connectivity index (χ0n) is 55.6. The van der Waals surface area contributed by atoms with Gasteiger partial charge in [-0.05, 0) is 37.5 Å². The molecular weight excluding hydrogens is 1140 g/mol. The predicted octanol–water partition coefficient (Wildman–Crippen LogP) is 18.8. The molecule has 0 bridgehead atoms. The van der Waals surface area contributed by atoms with Gasteiger partial charge in [0.15, 0.2) is 12.2 Å². The van der Waals surface area contributed by atoms with Crippen molar-refractivity contribution < 1.29 is 80.2 Å². The van der Waals surface area contributed by atoms with Crippen molar-refractivity contribution in [1.82, 2.24) is 0 Å². The molecule has 0 aromatic heterocycles. The van der Waals surface area contributed by atoms with Crippen LogP contribution in [0.4, 0.5) is 0 Å². The van der Waals surface area contributed by atoms with Crippen molar-refractivity contribution in [2.75, 3.05) is 39.6 Å². The average molecular weight is 1270 g/mol. The Bertz CT molecular complexity index is 1690. The standard InChI is InChI=1S/C67H130O17P2/c1-7-10-12-14-15-16-17-18-19-23-26-32-38-44-50-65(70)78-56-63(84-66(71)51-45-39-33-27-24-21-20-22-25-30-36-41-47-59(4)5)58-82-86(75,76)80-54-61(68)53-79-85(73,74)81-57-62(55-77-64(69)49-43-35-13-11-8-2)83-67(72)52-46-40-34-29-28-31-37-42-48-60(6)9-3/h59-63,68H,7-58H2,1-6H3,(H,73,74)(H,75,76)/t60?,61-,62+,63+/m0/s1. The SMILES string of the molecule is CCCCCCCCCCCCCCCCC(=O)OC[C@H](COP(=O)(O)OC[C@@H](O)COP(=O)(O)OC[C@@H](COC(=O)CCCCCCC)OC(=O)CCCCCCCCCCC(C)CC)OC(=O)CCCCCCCCCCCCCCC(C)C. The number of hydrogen-bond donors (Lipinski definition) is 3. The first-order valence-corrected chi connectivity index (χ1v) is 38.0. The molecule has 0 aliphatic heterocycles. The highest BCUT2D eigenvalue weighted by Crippen LogP contribution is 2.45. The molecule has 6 atom stereocenters. The topological polar surface area (TPSA) is 237 Å². The van der Waals surface area contributed by atoms with Gasteiger partial charge in [-0.2, -0.15) is 0 Å². The Morgan fingerprint density at radius 3 is 0.884 bits per heavy atom. The molecule has 0 aliphatic carbocycles. The van der Waals surface area contributed by atoms with Gasteiger partial charge in [0.25, 0.3) is 0 Å². The Morgan fingerprint density at radius 2 is 0.593 bits per heavy atom. The Kier molecular flexibility index (Phi) is 58.0. The molecule has 0 aromatic rings. The third-order valence-electron chi connectivity index (χ3n) is 15.8. The van der Waals surface area contributed by atoms with Gasteiger partial charge in [-0.3, -0.25) is 37.3 Å². The molecule has 0 saturated heterocycles. The maximum Gasteiger partial charge on any atom is 0.472 e. The van der Waals surface area contributed by atoms with Crippen molar-refractivity contribution in [2.24, 2.45) is 11.8 Å². The molecule has 0 spiro atoms. The van der Waals surface area contributed by atoms with Gasteiger partial charge in [-0.1, -0.05) is 286 Å². The lowest BCUT2D eigenvalue weighted by Crippen LogP contribution is -2.30. The number of esters is 4. The number of ether oxygens (including phenoxy) is 4. The Morgan fingerprint density at radius 1 is 0.337 bits per heavy atom. The molecule has 0 saturated carbocycles. The first-order valence-electron chi connectivity index (χ1n) is 35.0. The van der Waals surface area contributed by atoms with Crippen molar-refractivity contribution in [3.05, 3.63) is 0 Å². The molecule has 0 fully saturated rings. The number of phosphoric acid groups is 2. The summed E-state index contributed by atoms with van der Waals surface area (Å²) >= 11 is 0. The number of carbonyl (C=O) groups excluding carboxylic acids is 4. The quantitative estimate of drug-likeness (QED) is 0.0222. The maximum atomic E-state index is 13.0. The minimum atomic E-state index is -4.95. The zero-order chi connectivity index (χ0) is 63.6. The van der Waals surface area contributed by atoms with Crippen molar-refractivity contribution in [3.63, 3.8) is 0 Å². The van der Waals surface area contributed by atoms with Crippen molar-refractivity contribution in [2.45, 2.75) is 355 Å². The van der Waals surface area contributed by atoms with E-state index in [2.05, 4.69) is 41.5 Å². The average Bonchev–Trinajstić information content (AvgIpc) is 3.68. The second-order valence-electron chi connectivity index (χ2n) is 24.9. The van der Waals surface area contributed by atoms with Crippen LogP contribution >= 0.6 is 15.6 Å². The third kappa shape index (κ3) is 59.7. The first kappa shape index (κ1) is 84.1. The molecule has 0 radical (unpaired) electrons. The fourth-order valence-corrected chi connectivity index (χ4v) is 11.6. The lowest BCUT2D eigenvalue weighted by molar-refractivity contribution is -0.161. The third-order valence-corrected chi connectivity index (χ3v) is 17.7. The number of aliphatic hydroxyl groups excluding tert-OH is 1. The summed E-state index contributed by atoms with van der Waals surface area (Å²) in [5.41, 5.74) is 0. The molecule has 0 rings (SSSR count). The normalized spacial score (nSPS) is 14.5. The molecular formula is C67H130O17P2. The summed E-state index contributed by atoms with van der Waals surface area (Å²) in [6.45, 7) is 9.44. The summed E-state index contributed by atoms with van der Waals surface area (Å²) in [4.78, 5) is 72.2. The van der Waals surface area contributed by atoms with E-state index >= 15 is 0 Å². The number of hydrogen-bond acceptors (Lipinski definition) is 15. The van der Waals surface area contributed by atoms with E-state index < -0.39 is 97.5 Å². The molecule has 19 heteroatoms. The summed E-state index contributed by atoms with van der Waals surface area (Å²) in [6.07, 6.45) is 43.3. The minimum absolute atomic E-state index is 0.104. The van der Waals surface area contributed by atoms with E-state index in [-0.39, 0.29) is 25.7 Å². The van der Waals surface area contributed by atoms with Crippen LogP contribution in [-0.4, -0.2) is 96.7 Å². The number of unbranched alkanes of at least 4 members (excludes halogenated alkanes) is 35. The van der Waals surface area contributed by atoms with Crippen LogP contribution in [0.5, 0.6) is 0 Å². The van der Waals surface area contributed by atoms with Gasteiger partial charge in [0.2, 0.25) is 0 Å². The molecule has 0 amide bonds. The van der Waals surface area contributed by atoms with Gasteiger partial charge in [0, 0.05) is 25.7 Å². The Balaban J connectivity index is 5.18. The monoisotopic (exact) mass is 1270 g/mol. The lowest BCUT2D eigenvalue weighted by Gasteiger charge is -2.21. The van der Waals surface area contributed by atoms with E-state index in [4.69, 9.17) is 37.0 Å². The van der Waals surface area contributed by atoms with Gasteiger partial charge < -0.3 is 33.8 Å². The summed E-state index contributed by atoms with van der Waals surface area (Å²) in [5.74, 6) is -0.593. The largest absolute Gasteiger partial charge is 0.472 e. The van der Waals surface area contributed by atoms with Gasteiger partial charge in [0.1, 0.15) is 19.3 Å². The van der Waals surface area contributed by atoms with Crippen LogP contribution in [0.1, 0.15) is 337 Å². The first-order chi connectivity index (χ1) is 41.4. The van der Waals surface area contributed by atoms with Crippen molar-refractivity contribution >= 4 is 39.5 Å². The smallest absolute Gasteiger partial charge is 0.462 e. The van der Waals surface area contributed by atoms with Crippen LogP contribution in [0, 0.1) is 11.8 Å². The van der Waals surface area contributed by atoms with E-state index in [0.29, 0.717) is 25.7 Å². The second kappa shape index (κ2) is 59.4. The molecule has 17 nitrogen and oxygen atoms in total. The molecule has 0 aromatic carbocycles. The molecule has 86 heavy (non-hydrogen) atoms. The molecule has 510 valence electrons. The van der Waals surface area contributed by atoms with E-state index in [9.17, 15) is 43.2 Å². The van der Waals surface area contributed by atoms with Crippen LogP contribution in [0.3, 0.4) is 0 Å². The van der Waals surface area contributed by atoms with Crippen molar-refractivity contribution in [3.8, 4) is 0 Å². The summed E-state index contributed by atoms with van der Waals surface area (Å²) in [5, 5.41) is 10.5. The van der Waals surface area contributed by atoms with Crippen LogP contribution in [0.25, 0.3) is 0 Å². The summed E-state index contributed by atoms with van der Waals surface area (Å²) < 4.78 is 68.0. The van der Waals surface area contributed by atoms with Crippen LogP contribution < -0.4 is 0 Å². The van der Waals surface area contributed by atoms with Crippen LogP contribution in [-0.2, 0) is 65.4 Å². The number of phosphoric ester groups is 2. The second-order valence-corrected chi connectivity index (χ2v) is 27.8. The van der Waals surface area contributed by atoms with Gasteiger partial charge >= 0.3 is 39.5 Å². The fraction of sp³-hybridized carbons (Fsp3) is 0.940. The lowest BCUT2D eigenvalue weighted by atomic mass is 9.99. The highest BCUT2D eigenvalue weighted by molar-refractivity contribution is 7.47. The van der Waals surface area contributed by atoms with E-state index in [1.54, 1.807) is 0 Å². The van der Waals surface area contributed by atoms with Gasteiger partial charge in [-0.15, -0.1) is 0 Å². The van der Waals surface area contributed by atoms with E-state index in [1.165, 1.54) is 148 Å². The van der Waals surface area contributed by atoms with Crippen LogP contribution in [0.15, 0.2) is 0 Å². The summed E-state index contributed by atoms with van der Waals surface area (Å²) in [6, 6.07) is 0. The highest BCUT2D eigenvalue weighted by Gasteiger charge is 2.30. The highest BCUT2D eigenvalue weighted by atomic mass is 31.2. The zero-order valence-corrected chi connectivity index (χ0v) is 57.4. The van der Waals surface area contributed by atoms with Crippen molar-refractivity contribution in [1.29, 1.82) is 0 Å². The number of rotatable bonds is 66. The number of carbonyl (C=O) groups is 4.